The summed E-state index contributed by atoms with van der Waals surface area (Å²) in [6, 6.07) is 8.22. The highest BCUT2D eigenvalue weighted by molar-refractivity contribution is 6.30. The molecular weight excluding hydrogens is 351 g/mol. The Balaban J connectivity index is 0.00000208. The van der Waals surface area contributed by atoms with Crippen molar-refractivity contribution >= 4 is 24.0 Å². The highest BCUT2D eigenvalue weighted by Gasteiger charge is 2.26. The number of benzene rings is 1. The Labute approximate surface area is 152 Å². The Hall–Kier alpha value is -1.18. The largest absolute Gasteiger partial charge is 0.374 e. The van der Waals surface area contributed by atoms with Crippen molar-refractivity contribution in [2.45, 2.75) is 25.6 Å². The van der Waals surface area contributed by atoms with Crippen LogP contribution in [0.15, 0.2) is 28.8 Å². The van der Waals surface area contributed by atoms with Gasteiger partial charge < -0.3 is 14.6 Å². The molecular formula is C16H22Cl2N4O2. The molecule has 132 valence electrons. The van der Waals surface area contributed by atoms with Crippen LogP contribution in [0.5, 0.6) is 0 Å². The van der Waals surface area contributed by atoms with Crippen LogP contribution in [-0.2, 0) is 11.3 Å². The molecule has 0 aliphatic carbocycles. The molecule has 2 heterocycles. The van der Waals surface area contributed by atoms with Crippen LogP contribution in [0.1, 0.15) is 36.3 Å². The summed E-state index contributed by atoms with van der Waals surface area (Å²) in [6.45, 7) is 5.23. The summed E-state index contributed by atoms with van der Waals surface area (Å²) in [5.74, 6) is 1.19. The van der Waals surface area contributed by atoms with E-state index in [1.165, 1.54) is 5.56 Å². The van der Waals surface area contributed by atoms with Crippen LogP contribution in [0.3, 0.4) is 0 Å². The molecule has 1 fully saturated rings. The standard InChI is InChI=1S/C16H21ClN4O2.ClH/c1-11(22-2)16-19-15(23-20-16)10-21-7-6-18-9-14(21)12-4-3-5-13(17)8-12;/h3-5,8,11,14,18H,6-7,9-10H2,1-2H3;1H. The van der Waals surface area contributed by atoms with Gasteiger partial charge in [-0.1, -0.05) is 28.9 Å². The Morgan fingerprint density at radius 3 is 3.08 bits per heavy atom. The van der Waals surface area contributed by atoms with Crippen LogP contribution in [0, 0.1) is 0 Å². The van der Waals surface area contributed by atoms with E-state index >= 15 is 0 Å². The van der Waals surface area contributed by atoms with Crippen molar-refractivity contribution in [3.8, 4) is 0 Å². The third-order valence-corrected chi connectivity index (χ3v) is 4.36. The van der Waals surface area contributed by atoms with Gasteiger partial charge in [-0.2, -0.15) is 4.98 Å². The van der Waals surface area contributed by atoms with Crippen molar-refractivity contribution in [2.24, 2.45) is 0 Å². The Kier molecular flexibility index (Phi) is 7.01. The van der Waals surface area contributed by atoms with Gasteiger partial charge in [0.25, 0.3) is 0 Å². The number of halogens is 2. The van der Waals surface area contributed by atoms with Gasteiger partial charge in [0, 0.05) is 37.8 Å². The summed E-state index contributed by atoms with van der Waals surface area (Å²) in [5, 5.41) is 8.17. The summed E-state index contributed by atoms with van der Waals surface area (Å²) in [6.07, 6.45) is -0.167. The van der Waals surface area contributed by atoms with Crippen molar-refractivity contribution in [2.75, 3.05) is 26.7 Å². The lowest BCUT2D eigenvalue weighted by atomic mass is 10.0. The number of rotatable bonds is 5. The Morgan fingerprint density at radius 1 is 1.50 bits per heavy atom. The van der Waals surface area contributed by atoms with Crippen molar-refractivity contribution in [1.29, 1.82) is 0 Å². The zero-order valence-corrected chi connectivity index (χ0v) is 15.3. The fourth-order valence-electron chi connectivity index (χ4n) is 2.75. The van der Waals surface area contributed by atoms with Crippen LogP contribution in [0.2, 0.25) is 5.02 Å². The average molecular weight is 373 g/mol. The van der Waals surface area contributed by atoms with Gasteiger partial charge in [-0.15, -0.1) is 12.4 Å². The number of hydrogen-bond acceptors (Lipinski definition) is 6. The maximum atomic E-state index is 6.13. The number of ether oxygens (including phenoxy) is 1. The smallest absolute Gasteiger partial charge is 0.240 e. The third-order valence-electron chi connectivity index (χ3n) is 4.13. The number of hydrogen-bond donors (Lipinski definition) is 1. The first-order chi connectivity index (χ1) is 11.2. The van der Waals surface area contributed by atoms with Gasteiger partial charge in [0.1, 0.15) is 6.10 Å². The summed E-state index contributed by atoms with van der Waals surface area (Å²) >= 11 is 6.13. The van der Waals surface area contributed by atoms with Gasteiger partial charge in [0.2, 0.25) is 5.89 Å². The molecule has 8 heteroatoms. The molecule has 0 radical (unpaired) electrons. The first-order valence-electron chi connectivity index (χ1n) is 7.73. The van der Waals surface area contributed by atoms with E-state index in [1.807, 2.05) is 25.1 Å². The average Bonchev–Trinajstić information content (AvgIpc) is 3.03. The number of nitrogens with one attached hydrogen (secondary N) is 1. The molecule has 0 bridgehead atoms. The minimum atomic E-state index is -0.167. The molecule has 2 unspecified atom stereocenters. The summed E-state index contributed by atoms with van der Waals surface area (Å²) < 4.78 is 10.6. The molecule has 24 heavy (non-hydrogen) atoms. The lowest BCUT2D eigenvalue weighted by molar-refractivity contribution is 0.109. The van der Waals surface area contributed by atoms with Gasteiger partial charge >= 0.3 is 0 Å². The molecule has 3 rings (SSSR count). The molecule has 6 nitrogen and oxygen atoms in total. The van der Waals surface area contributed by atoms with Crippen molar-refractivity contribution < 1.29 is 9.26 Å². The summed E-state index contributed by atoms with van der Waals surface area (Å²) in [4.78, 5) is 6.76. The predicted molar refractivity (Wildman–Crippen MR) is 94.4 cm³/mol. The maximum absolute atomic E-state index is 6.13. The fraction of sp³-hybridized carbons (Fsp3) is 0.500. The van der Waals surface area contributed by atoms with E-state index in [9.17, 15) is 0 Å². The van der Waals surface area contributed by atoms with E-state index in [2.05, 4.69) is 26.4 Å². The molecule has 0 spiro atoms. The van der Waals surface area contributed by atoms with Crippen molar-refractivity contribution in [3.05, 3.63) is 46.6 Å². The Morgan fingerprint density at radius 2 is 2.33 bits per heavy atom. The van der Waals surface area contributed by atoms with Gasteiger partial charge in [0.15, 0.2) is 5.82 Å². The van der Waals surface area contributed by atoms with E-state index in [0.717, 1.165) is 24.7 Å². The fourth-order valence-corrected chi connectivity index (χ4v) is 2.95. The molecule has 2 aromatic rings. The molecule has 1 aromatic carbocycles. The molecule has 2 atom stereocenters. The van der Waals surface area contributed by atoms with E-state index in [4.69, 9.17) is 20.9 Å². The number of methoxy groups -OCH3 is 1. The zero-order valence-electron chi connectivity index (χ0n) is 13.7. The van der Waals surface area contributed by atoms with E-state index in [0.29, 0.717) is 18.3 Å². The molecule has 0 amide bonds. The Bertz CT molecular complexity index is 653. The minimum absolute atomic E-state index is 0. The molecule has 0 saturated carbocycles. The SMILES string of the molecule is COC(C)c1noc(CN2CCNCC2c2cccc(Cl)c2)n1.Cl. The van der Waals surface area contributed by atoms with Crippen molar-refractivity contribution in [3.63, 3.8) is 0 Å². The van der Waals surface area contributed by atoms with Gasteiger partial charge in [-0.05, 0) is 24.6 Å². The maximum Gasteiger partial charge on any atom is 0.240 e. The topological polar surface area (TPSA) is 63.4 Å². The van der Waals surface area contributed by atoms with Gasteiger partial charge in [-0.3, -0.25) is 4.90 Å². The highest BCUT2D eigenvalue weighted by atomic mass is 35.5. The predicted octanol–water partition coefficient (Wildman–Crippen LogP) is 3.00. The van der Waals surface area contributed by atoms with Crippen LogP contribution in [-0.4, -0.2) is 41.8 Å². The minimum Gasteiger partial charge on any atom is -0.374 e. The lowest BCUT2D eigenvalue weighted by Crippen LogP contribution is -2.45. The summed E-state index contributed by atoms with van der Waals surface area (Å²) in [5.41, 5.74) is 1.19. The molecule has 1 aromatic heterocycles. The van der Waals surface area contributed by atoms with Crippen LogP contribution >= 0.6 is 24.0 Å². The first kappa shape index (κ1) is 19.1. The van der Waals surface area contributed by atoms with Crippen molar-refractivity contribution in [1.82, 2.24) is 20.4 Å². The highest BCUT2D eigenvalue weighted by Crippen LogP contribution is 2.26. The summed E-state index contributed by atoms with van der Waals surface area (Å²) in [7, 11) is 1.63. The normalized spacial score (nSPS) is 19.7. The number of nitrogens with zero attached hydrogens (tertiary/aromatic N) is 3. The second-order valence-corrected chi connectivity index (χ2v) is 6.11. The van der Waals surface area contributed by atoms with E-state index in [-0.39, 0.29) is 24.6 Å². The van der Waals surface area contributed by atoms with Crippen LogP contribution < -0.4 is 5.32 Å². The molecule has 1 aliphatic heterocycles. The second kappa shape index (κ2) is 8.78. The van der Waals surface area contributed by atoms with Gasteiger partial charge in [-0.25, -0.2) is 0 Å². The zero-order chi connectivity index (χ0) is 16.2. The molecule has 1 aliphatic rings. The number of piperazine rings is 1. The van der Waals surface area contributed by atoms with E-state index < -0.39 is 0 Å². The molecule has 1 N–H and O–H groups in total. The first-order valence-corrected chi connectivity index (χ1v) is 8.10. The van der Waals surface area contributed by atoms with E-state index in [1.54, 1.807) is 7.11 Å². The molecule has 1 saturated heterocycles. The van der Waals surface area contributed by atoms with Gasteiger partial charge in [0.05, 0.1) is 6.54 Å². The number of aromatic nitrogens is 2. The van der Waals surface area contributed by atoms with Crippen LogP contribution in [0.25, 0.3) is 0 Å². The monoisotopic (exact) mass is 372 g/mol. The quantitative estimate of drug-likeness (QED) is 0.870. The van der Waals surface area contributed by atoms with Crippen LogP contribution in [0.4, 0.5) is 0 Å². The lowest BCUT2D eigenvalue weighted by Gasteiger charge is -2.35. The third kappa shape index (κ3) is 4.46. The second-order valence-electron chi connectivity index (χ2n) is 5.67.